The molecular formula is C19H19FN2O3. The lowest BCUT2D eigenvalue weighted by molar-refractivity contribution is -0.159. The van der Waals surface area contributed by atoms with Crippen molar-refractivity contribution in [1.29, 1.82) is 0 Å². The highest BCUT2D eigenvalue weighted by Crippen LogP contribution is 2.18. The number of nitrogens with one attached hydrogen (secondary N) is 1. The summed E-state index contributed by atoms with van der Waals surface area (Å²) in [5.74, 6) is -1.36. The van der Waals surface area contributed by atoms with E-state index in [9.17, 15) is 14.0 Å². The third-order valence-electron chi connectivity index (χ3n) is 4.09. The number of esters is 1. The Labute approximate surface area is 145 Å². The molecular weight excluding hydrogens is 323 g/mol. The Morgan fingerprint density at radius 2 is 1.88 bits per heavy atom. The van der Waals surface area contributed by atoms with Crippen molar-refractivity contribution in [2.45, 2.75) is 19.0 Å². The van der Waals surface area contributed by atoms with Gasteiger partial charge in [0.25, 0.3) is 0 Å². The van der Waals surface area contributed by atoms with Gasteiger partial charge in [-0.15, -0.1) is 0 Å². The number of halogens is 1. The van der Waals surface area contributed by atoms with Crippen LogP contribution in [0.25, 0.3) is 0 Å². The number of nitrogens with zero attached hydrogens (tertiary/aromatic N) is 1. The van der Waals surface area contributed by atoms with Gasteiger partial charge < -0.3 is 10.1 Å². The quantitative estimate of drug-likeness (QED) is 0.849. The molecule has 0 aliphatic carbocycles. The number of para-hydroxylation sites is 1. The summed E-state index contributed by atoms with van der Waals surface area (Å²) in [5, 5.41) is 2.51. The van der Waals surface area contributed by atoms with E-state index in [0.29, 0.717) is 19.7 Å². The van der Waals surface area contributed by atoms with Gasteiger partial charge in [0.1, 0.15) is 18.5 Å². The van der Waals surface area contributed by atoms with Crippen LogP contribution in [0.5, 0.6) is 0 Å². The van der Waals surface area contributed by atoms with Crippen LogP contribution in [0.4, 0.5) is 10.1 Å². The second-order valence-corrected chi connectivity index (χ2v) is 5.87. The number of rotatable bonds is 5. The van der Waals surface area contributed by atoms with Crippen molar-refractivity contribution >= 4 is 17.6 Å². The second kappa shape index (κ2) is 7.90. The maximum absolute atomic E-state index is 13.7. The summed E-state index contributed by atoms with van der Waals surface area (Å²) in [6.07, 6.45) is -0.0833. The fourth-order valence-corrected chi connectivity index (χ4v) is 2.82. The third-order valence-corrected chi connectivity index (χ3v) is 4.09. The van der Waals surface area contributed by atoms with Gasteiger partial charge in [-0.3, -0.25) is 14.5 Å². The van der Waals surface area contributed by atoms with Gasteiger partial charge in [0.15, 0.2) is 0 Å². The molecule has 1 atom stereocenters. The zero-order chi connectivity index (χ0) is 17.6. The first-order valence-electron chi connectivity index (χ1n) is 8.12. The van der Waals surface area contributed by atoms with E-state index in [2.05, 4.69) is 5.32 Å². The largest absolute Gasteiger partial charge is 0.463 e. The molecule has 3 rings (SSSR count). The van der Waals surface area contributed by atoms with E-state index < -0.39 is 23.7 Å². The van der Waals surface area contributed by atoms with Crippen molar-refractivity contribution in [3.05, 3.63) is 66.0 Å². The molecule has 0 saturated carbocycles. The number of morpholine rings is 1. The minimum atomic E-state index is -0.680. The van der Waals surface area contributed by atoms with Crippen molar-refractivity contribution in [1.82, 2.24) is 4.90 Å². The monoisotopic (exact) mass is 342 g/mol. The first-order chi connectivity index (χ1) is 12.1. The van der Waals surface area contributed by atoms with E-state index in [-0.39, 0.29) is 12.1 Å². The Balaban J connectivity index is 1.67. The molecule has 0 radical (unpaired) electrons. The number of benzene rings is 2. The van der Waals surface area contributed by atoms with Crippen LogP contribution in [0.15, 0.2) is 54.6 Å². The van der Waals surface area contributed by atoms with E-state index in [1.54, 1.807) is 12.1 Å². The van der Waals surface area contributed by atoms with E-state index in [4.69, 9.17) is 4.74 Å². The highest BCUT2D eigenvalue weighted by atomic mass is 19.1. The van der Waals surface area contributed by atoms with Crippen LogP contribution in [-0.2, 0) is 20.9 Å². The zero-order valence-corrected chi connectivity index (χ0v) is 13.7. The van der Waals surface area contributed by atoms with E-state index in [0.717, 1.165) is 5.56 Å². The molecule has 25 heavy (non-hydrogen) atoms. The Kier molecular flexibility index (Phi) is 5.40. The molecule has 2 aromatic rings. The topological polar surface area (TPSA) is 58.6 Å². The van der Waals surface area contributed by atoms with Gasteiger partial charge in [-0.2, -0.15) is 0 Å². The van der Waals surface area contributed by atoms with Gasteiger partial charge in [-0.25, -0.2) is 4.39 Å². The average molecular weight is 342 g/mol. The summed E-state index contributed by atoms with van der Waals surface area (Å²) < 4.78 is 18.8. The smallest absolute Gasteiger partial charge is 0.323 e. The highest BCUT2D eigenvalue weighted by molar-refractivity contribution is 5.94. The molecule has 0 aromatic heterocycles. The molecule has 6 heteroatoms. The first kappa shape index (κ1) is 17.1. The summed E-state index contributed by atoms with van der Waals surface area (Å²) >= 11 is 0. The van der Waals surface area contributed by atoms with Crippen molar-refractivity contribution in [3.8, 4) is 0 Å². The summed E-state index contributed by atoms with van der Waals surface area (Å²) in [7, 11) is 0. The summed E-state index contributed by atoms with van der Waals surface area (Å²) in [4.78, 5) is 26.3. The lowest BCUT2D eigenvalue weighted by Gasteiger charge is -2.33. The van der Waals surface area contributed by atoms with Gasteiger partial charge in [-0.1, -0.05) is 42.5 Å². The lowest BCUT2D eigenvalue weighted by atomic mass is 10.1. The minimum absolute atomic E-state index is 0.0833. The molecule has 130 valence electrons. The standard InChI is InChI=1S/C19H19FN2O3/c20-15-8-4-5-9-16(15)21-18(23)12-17-19(24)25-11-10-22(17)13-14-6-2-1-3-7-14/h1-9,17H,10-13H2,(H,21,23)/t17-/m1/s1. The fourth-order valence-electron chi connectivity index (χ4n) is 2.82. The van der Waals surface area contributed by atoms with Gasteiger partial charge >= 0.3 is 5.97 Å². The van der Waals surface area contributed by atoms with Crippen LogP contribution in [0, 0.1) is 5.82 Å². The molecule has 1 fully saturated rings. The zero-order valence-electron chi connectivity index (χ0n) is 13.7. The summed E-state index contributed by atoms with van der Waals surface area (Å²) in [5.41, 5.74) is 1.16. The van der Waals surface area contributed by atoms with Crippen LogP contribution in [0.1, 0.15) is 12.0 Å². The SMILES string of the molecule is O=C(C[C@@H]1C(=O)OCCN1Cc1ccccc1)Nc1ccccc1F. The Hall–Kier alpha value is -2.73. The van der Waals surface area contributed by atoms with E-state index in [1.807, 2.05) is 35.2 Å². The Bertz CT molecular complexity index is 751. The molecule has 5 nitrogen and oxygen atoms in total. The molecule has 2 aromatic carbocycles. The number of carbonyl (C=O) groups is 2. The molecule has 0 unspecified atom stereocenters. The molecule has 1 amide bonds. The van der Waals surface area contributed by atoms with Crippen LogP contribution >= 0.6 is 0 Å². The van der Waals surface area contributed by atoms with Crippen LogP contribution in [0.2, 0.25) is 0 Å². The summed E-state index contributed by atoms with van der Waals surface area (Å²) in [6, 6.07) is 15.0. The van der Waals surface area contributed by atoms with Gasteiger partial charge in [-0.05, 0) is 17.7 Å². The Morgan fingerprint density at radius 3 is 2.64 bits per heavy atom. The number of amides is 1. The maximum Gasteiger partial charge on any atom is 0.323 e. The van der Waals surface area contributed by atoms with Crippen LogP contribution in [0.3, 0.4) is 0 Å². The lowest BCUT2D eigenvalue weighted by Crippen LogP contribution is -2.49. The maximum atomic E-state index is 13.7. The Morgan fingerprint density at radius 1 is 1.16 bits per heavy atom. The fraction of sp³-hybridized carbons (Fsp3) is 0.263. The number of hydrogen-bond donors (Lipinski definition) is 1. The van der Waals surface area contributed by atoms with Crippen molar-refractivity contribution in [2.24, 2.45) is 0 Å². The molecule has 0 bridgehead atoms. The summed E-state index contributed by atoms with van der Waals surface area (Å²) in [6.45, 7) is 1.41. The molecule has 0 spiro atoms. The third kappa shape index (κ3) is 4.42. The van der Waals surface area contributed by atoms with Crippen molar-refractivity contribution < 1.29 is 18.7 Å². The molecule has 1 N–H and O–H groups in total. The second-order valence-electron chi connectivity index (χ2n) is 5.87. The van der Waals surface area contributed by atoms with Crippen LogP contribution in [-0.4, -0.2) is 36.0 Å². The number of hydrogen-bond acceptors (Lipinski definition) is 4. The van der Waals surface area contributed by atoms with E-state index >= 15 is 0 Å². The highest BCUT2D eigenvalue weighted by Gasteiger charge is 2.33. The first-order valence-corrected chi connectivity index (χ1v) is 8.12. The molecule has 1 aliphatic heterocycles. The minimum Gasteiger partial charge on any atom is -0.463 e. The number of carbonyl (C=O) groups excluding carboxylic acids is 2. The van der Waals surface area contributed by atoms with E-state index in [1.165, 1.54) is 12.1 Å². The van der Waals surface area contributed by atoms with Crippen LogP contribution < -0.4 is 5.32 Å². The van der Waals surface area contributed by atoms with Gasteiger partial charge in [0.05, 0.1) is 12.1 Å². The predicted octanol–water partition coefficient (Wildman–Crippen LogP) is 2.58. The molecule has 1 aliphatic rings. The normalized spacial score (nSPS) is 17.8. The van der Waals surface area contributed by atoms with Gasteiger partial charge in [0.2, 0.25) is 5.91 Å². The molecule has 1 saturated heterocycles. The van der Waals surface area contributed by atoms with Crippen molar-refractivity contribution in [2.75, 3.05) is 18.5 Å². The number of cyclic esters (lactones) is 1. The number of ether oxygens (including phenoxy) is 1. The predicted molar refractivity (Wildman–Crippen MR) is 91.2 cm³/mol. The van der Waals surface area contributed by atoms with Gasteiger partial charge in [0, 0.05) is 13.1 Å². The number of anilines is 1. The average Bonchev–Trinajstić information content (AvgIpc) is 2.61. The molecule has 1 heterocycles. The van der Waals surface area contributed by atoms with Crippen molar-refractivity contribution in [3.63, 3.8) is 0 Å².